The molecule has 2 aromatic rings. The standard InChI is InChI=1S/C14H18BrN3/c1-10-8-14(17-18(10)3)13(16-2)9-11-4-6-12(15)7-5-11/h4-8,13,16H,9H2,1-3H3. The first-order chi connectivity index (χ1) is 8.60. The summed E-state index contributed by atoms with van der Waals surface area (Å²) in [6.07, 6.45) is 0.945. The van der Waals surface area contributed by atoms with Gasteiger partial charge in [-0.1, -0.05) is 28.1 Å². The van der Waals surface area contributed by atoms with E-state index in [1.165, 1.54) is 11.3 Å². The smallest absolute Gasteiger partial charge is 0.0799 e. The lowest BCUT2D eigenvalue weighted by atomic mass is 10.0. The lowest BCUT2D eigenvalue weighted by molar-refractivity contribution is 0.562. The molecule has 0 aliphatic carbocycles. The Morgan fingerprint density at radius 2 is 2.00 bits per heavy atom. The van der Waals surface area contributed by atoms with E-state index >= 15 is 0 Å². The molecule has 1 aromatic heterocycles. The summed E-state index contributed by atoms with van der Waals surface area (Å²) >= 11 is 3.46. The number of likely N-dealkylation sites (N-methyl/N-ethyl adjacent to an activating group) is 1. The average Bonchev–Trinajstić information content (AvgIpc) is 2.69. The highest BCUT2D eigenvalue weighted by molar-refractivity contribution is 9.10. The van der Waals surface area contributed by atoms with Gasteiger partial charge in [0.2, 0.25) is 0 Å². The maximum atomic E-state index is 4.54. The first kappa shape index (κ1) is 13.3. The van der Waals surface area contributed by atoms with Gasteiger partial charge in [-0.15, -0.1) is 0 Å². The average molecular weight is 308 g/mol. The maximum absolute atomic E-state index is 4.54. The number of nitrogens with one attached hydrogen (secondary N) is 1. The van der Waals surface area contributed by atoms with Gasteiger partial charge in [0.05, 0.1) is 11.7 Å². The fourth-order valence-electron chi connectivity index (χ4n) is 1.97. The lowest BCUT2D eigenvalue weighted by Gasteiger charge is -2.13. The van der Waals surface area contributed by atoms with Gasteiger partial charge in [0.1, 0.15) is 0 Å². The van der Waals surface area contributed by atoms with Crippen LogP contribution in [0.15, 0.2) is 34.8 Å². The number of benzene rings is 1. The number of aryl methyl sites for hydroxylation is 2. The Morgan fingerprint density at radius 1 is 1.33 bits per heavy atom. The van der Waals surface area contributed by atoms with Crippen LogP contribution in [0.2, 0.25) is 0 Å². The summed E-state index contributed by atoms with van der Waals surface area (Å²) in [5, 5.41) is 7.87. The van der Waals surface area contributed by atoms with Crippen molar-refractivity contribution < 1.29 is 0 Å². The van der Waals surface area contributed by atoms with Gasteiger partial charge < -0.3 is 5.32 Å². The van der Waals surface area contributed by atoms with Crippen LogP contribution < -0.4 is 5.32 Å². The molecule has 96 valence electrons. The molecule has 4 heteroatoms. The summed E-state index contributed by atoms with van der Waals surface area (Å²) in [6.45, 7) is 2.07. The van der Waals surface area contributed by atoms with Crippen LogP contribution in [-0.2, 0) is 13.5 Å². The number of hydrogen-bond acceptors (Lipinski definition) is 2. The second-order valence-corrected chi connectivity index (χ2v) is 5.42. The molecule has 0 bridgehead atoms. The first-order valence-corrected chi connectivity index (χ1v) is 6.81. The van der Waals surface area contributed by atoms with E-state index in [1.807, 2.05) is 18.8 Å². The van der Waals surface area contributed by atoms with Gasteiger partial charge in [-0.25, -0.2) is 0 Å². The largest absolute Gasteiger partial charge is 0.311 e. The highest BCUT2D eigenvalue weighted by Gasteiger charge is 2.14. The van der Waals surface area contributed by atoms with Crippen molar-refractivity contribution in [3.8, 4) is 0 Å². The fourth-order valence-corrected chi connectivity index (χ4v) is 2.23. The molecule has 1 N–H and O–H groups in total. The maximum Gasteiger partial charge on any atom is 0.0799 e. The van der Waals surface area contributed by atoms with Gasteiger partial charge in [0.25, 0.3) is 0 Å². The van der Waals surface area contributed by atoms with Crippen LogP contribution in [0.5, 0.6) is 0 Å². The molecular weight excluding hydrogens is 290 g/mol. The predicted molar refractivity (Wildman–Crippen MR) is 77.6 cm³/mol. The Hall–Kier alpha value is -1.13. The molecule has 0 fully saturated rings. The minimum atomic E-state index is 0.256. The second-order valence-electron chi connectivity index (χ2n) is 4.51. The van der Waals surface area contributed by atoms with Gasteiger partial charge >= 0.3 is 0 Å². The van der Waals surface area contributed by atoms with E-state index in [0.29, 0.717) is 0 Å². The molecule has 1 unspecified atom stereocenters. The summed E-state index contributed by atoms with van der Waals surface area (Å²) < 4.78 is 3.03. The topological polar surface area (TPSA) is 29.9 Å². The molecular formula is C14H18BrN3. The summed E-state index contributed by atoms with van der Waals surface area (Å²) in [4.78, 5) is 0. The fraction of sp³-hybridized carbons (Fsp3) is 0.357. The summed E-state index contributed by atoms with van der Waals surface area (Å²) in [5.41, 5.74) is 3.59. The van der Waals surface area contributed by atoms with Gasteiger partial charge in [-0.2, -0.15) is 5.10 Å². The van der Waals surface area contributed by atoms with Crippen LogP contribution >= 0.6 is 15.9 Å². The molecule has 1 atom stereocenters. The molecule has 2 rings (SSSR count). The Labute approximate surface area is 116 Å². The highest BCUT2D eigenvalue weighted by atomic mass is 79.9. The zero-order valence-corrected chi connectivity index (χ0v) is 12.5. The Kier molecular flexibility index (Phi) is 4.19. The van der Waals surface area contributed by atoms with Crippen molar-refractivity contribution >= 4 is 15.9 Å². The van der Waals surface area contributed by atoms with Crippen molar-refractivity contribution in [2.45, 2.75) is 19.4 Å². The Morgan fingerprint density at radius 3 is 2.50 bits per heavy atom. The SMILES string of the molecule is CNC(Cc1ccc(Br)cc1)c1cc(C)n(C)n1. The predicted octanol–water partition coefficient (Wildman–Crippen LogP) is 2.99. The molecule has 0 saturated carbocycles. The summed E-state index contributed by atoms with van der Waals surface area (Å²) in [5.74, 6) is 0. The molecule has 18 heavy (non-hydrogen) atoms. The van der Waals surface area contributed by atoms with Crippen molar-refractivity contribution in [3.05, 3.63) is 51.8 Å². The van der Waals surface area contributed by atoms with Crippen LogP contribution in [0.1, 0.15) is 23.0 Å². The molecule has 0 saturated heterocycles. The van der Waals surface area contributed by atoms with E-state index in [1.54, 1.807) is 0 Å². The van der Waals surface area contributed by atoms with Crippen molar-refractivity contribution in [2.24, 2.45) is 7.05 Å². The van der Waals surface area contributed by atoms with Gasteiger partial charge in [0.15, 0.2) is 0 Å². The molecule has 1 heterocycles. The van der Waals surface area contributed by atoms with Crippen LogP contribution in [-0.4, -0.2) is 16.8 Å². The van der Waals surface area contributed by atoms with Crippen molar-refractivity contribution in [2.75, 3.05) is 7.05 Å². The molecule has 1 aromatic carbocycles. The third kappa shape index (κ3) is 3.00. The highest BCUT2D eigenvalue weighted by Crippen LogP contribution is 2.19. The van der Waals surface area contributed by atoms with Gasteiger partial charge in [-0.3, -0.25) is 4.68 Å². The number of hydrogen-bond donors (Lipinski definition) is 1. The Bertz CT molecular complexity index is 497. The number of rotatable bonds is 4. The van der Waals surface area contributed by atoms with Crippen molar-refractivity contribution in [3.63, 3.8) is 0 Å². The van der Waals surface area contributed by atoms with Crippen LogP contribution in [0.25, 0.3) is 0 Å². The van der Waals surface area contributed by atoms with E-state index in [9.17, 15) is 0 Å². The molecule has 0 radical (unpaired) electrons. The number of halogens is 1. The van der Waals surface area contributed by atoms with E-state index in [4.69, 9.17) is 0 Å². The second kappa shape index (κ2) is 5.67. The first-order valence-electron chi connectivity index (χ1n) is 6.02. The third-order valence-corrected chi connectivity index (χ3v) is 3.72. The van der Waals surface area contributed by atoms with Crippen LogP contribution in [0.4, 0.5) is 0 Å². The molecule has 0 aliphatic rings. The third-order valence-electron chi connectivity index (χ3n) is 3.19. The molecule has 0 amide bonds. The summed E-state index contributed by atoms with van der Waals surface area (Å²) in [6, 6.07) is 10.8. The van der Waals surface area contributed by atoms with Crippen LogP contribution in [0, 0.1) is 6.92 Å². The number of aromatic nitrogens is 2. The number of nitrogens with zero attached hydrogens (tertiary/aromatic N) is 2. The minimum Gasteiger partial charge on any atom is -0.311 e. The van der Waals surface area contributed by atoms with Crippen molar-refractivity contribution in [1.82, 2.24) is 15.1 Å². The summed E-state index contributed by atoms with van der Waals surface area (Å²) in [7, 11) is 3.96. The quantitative estimate of drug-likeness (QED) is 0.941. The van der Waals surface area contributed by atoms with E-state index in [-0.39, 0.29) is 6.04 Å². The zero-order chi connectivity index (χ0) is 13.1. The van der Waals surface area contributed by atoms with E-state index in [0.717, 1.165) is 16.6 Å². The van der Waals surface area contributed by atoms with Crippen molar-refractivity contribution in [1.29, 1.82) is 0 Å². The lowest BCUT2D eigenvalue weighted by Crippen LogP contribution is -2.19. The minimum absolute atomic E-state index is 0.256. The van der Waals surface area contributed by atoms with E-state index < -0.39 is 0 Å². The Balaban J connectivity index is 2.16. The molecule has 0 aliphatic heterocycles. The zero-order valence-electron chi connectivity index (χ0n) is 10.9. The molecule has 0 spiro atoms. The monoisotopic (exact) mass is 307 g/mol. The van der Waals surface area contributed by atoms with Crippen LogP contribution in [0.3, 0.4) is 0 Å². The van der Waals surface area contributed by atoms with Gasteiger partial charge in [-0.05, 0) is 44.2 Å². The van der Waals surface area contributed by atoms with Gasteiger partial charge in [0, 0.05) is 17.2 Å². The van der Waals surface area contributed by atoms with E-state index in [2.05, 4.69) is 63.6 Å². The molecule has 3 nitrogen and oxygen atoms in total. The normalized spacial score (nSPS) is 12.7.